The second-order valence-corrected chi connectivity index (χ2v) is 6.71. The second kappa shape index (κ2) is 7.03. The number of benzene rings is 1. The monoisotopic (exact) mass is 356 g/mol. The van der Waals surface area contributed by atoms with Crippen LogP contribution in [0.4, 0.5) is 5.82 Å². The predicted molar refractivity (Wildman–Crippen MR) is 100 cm³/mol. The molecule has 1 N–H and O–H groups in total. The van der Waals surface area contributed by atoms with E-state index in [0.29, 0.717) is 0 Å². The van der Waals surface area contributed by atoms with Crippen LogP contribution >= 0.6 is 0 Å². The van der Waals surface area contributed by atoms with Crippen molar-refractivity contribution in [3.63, 3.8) is 0 Å². The average Bonchev–Trinajstić information content (AvgIpc) is 3.18. The molecule has 2 aliphatic rings. The quantitative estimate of drug-likeness (QED) is 0.892. The summed E-state index contributed by atoms with van der Waals surface area (Å²) in [5.74, 6) is 2.32. The van der Waals surface area contributed by atoms with Gasteiger partial charge in [-0.15, -0.1) is 0 Å². The summed E-state index contributed by atoms with van der Waals surface area (Å²) in [6, 6.07) is 7.26. The van der Waals surface area contributed by atoms with E-state index in [0.717, 1.165) is 73.1 Å². The van der Waals surface area contributed by atoms with E-state index >= 15 is 0 Å². The number of aromatic nitrogens is 1. The van der Waals surface area contributed by atoms with Crippen LogP contribution in [0.1, 0.15) is 18.4 Å². The molecule has 1 unspecified atom stereocenters. The summed E-state index contributed by atoms with van der Waals surface area (Å²) in [6.07, 6.45) is 3.22. The molecule has 6 heteroatoms. The zero-order valence-corrected chi connectivity index (χ0v) is 15.2. The third-order valence-electron chi connectivity index (χ3n) is 5.18. The number of ether oxygens (including phenoxy) is 3. The maximum Gasteiger partial charge on any atom is 0.184 e. The fourth-order valence-corrected chi connectivity index (χ4v) is 3.93. The molecular formula is C20H24N2O4. The first-order chi connectivity index (χ1) is 12.7. The minimum absolute atomic E-state index is 0.00581. The van der Waals surface area contributed by atoms with Crippen molar-refractivity contribution >= 4 is 5.82 Å². The molecule has 1 fully saturated rings. The van der Waals surface area contributed by atoms with Gasteiger partial charge in [0.1, 0.15) is 5.82 Å². The number of fused-ring (bicyclic) bond motifs is 3. The van der Waals surface area contributed by atoms with Crippen LogP contribution in [-0.4, -0.2) is 38.0 Å². The molecule has 1 aromatic heterocycles. The highest BCUT2D eigenvalue weighted by molar-refractivity contribution is 5.73. The SMILES string of the molecule is COc1ccc2c(c1OC)CCn1c(NCC3CCCO3)cc(=O)cc1-2. The number of anilines is 1. The van der Waals surface area contributed by atoms with E-state index in [1.165, 1.54) is 0 Å². The molecule has 0 bridgehead atoms. The molecule has 2 aromatic rings. The molecule has 0 saturated carbocycles. The van der Waals surface area contributed by atoms with Crippen molar-refractivity contribution in [2.45, 2.75) is 31.9 Å². The number of hydrogen-bond acceptors (Lipinski definition) is 5. The van der Waals surface area contributed by atoms with Gasteiger partial charge in [0.05, 0.1) is 26.0 Å². The zero-order valence-electron chi connectivity index (χ0n) is 15.2. The Morgan fingerprint density at radius 1 is 1.27 bits per heavy atom. The first-order valence-electron chi connectivity index (χ1n) is 9.06. The summed E-state index contributed by atoms with van der Waals surface area (Å²) in [7, 11) is 3.29. The molecule has 138 valence electrons. The van der Waals surface area contributed by atoms with E-state index < -0.39 is 0 Å². The zero-order chi connectivity index (χ0) is 18.1. The second-order valence-electron chi connectivity index (χ2n) is 6.71. The van der Waals surface area contributed by atoms with Crippen molar-refractivity contribution in [2.24, 2.45) is 0 Å². The maximum atomic E-state index is 12.3. The van der Waals surface area contributed by atoms with Crippen molar-refractivity contribution in [3.8, 4) is 22.8 Å². The van der Waals surface area contributed by atoms with E-state index in [-0.39, 0.29) is 11.5 Å². The van der Waals surface area contributed by atoms with Crippen molar-refractivity contribution in [1.82, 2.24) is 4.57 Å². The van der Waals surface area contributed by atoms with Crippen LogP contribution in [0.15, 0.2) is 29.1 Å². The summed E-state index contributed by atoms with van der Waals surface area (Å²) in [5.41, 5.74) is 3.01. The standard InChI is InChI=1S/C20H24N2O4/c1-24-18-6-5-15-16(20(18)25-2)7-8-22-17(15)10-13(23)11-19(22)21-12-14-4-3-9-26-14/h5-6,10-11,14,21H,3-4,7-9,12H2,1-2H3. The first-order valence-corrected chi connectivity index (χ1v) is 9.06. The van der Waals surface area contributed by atoms with Crippen molar-refractivity contribution in [1.29, 1.82) is 0 Å². The normalized spacial score (nSPS) is 18.2. The highest BCUT2D eigenvalue weighted by Crippen LogP contribution is 2.41. The number of nitrogens with one attached hydrogen (secondary N) is 1. The number of pyridine rings is 1. The van der Waals surface area contributed by atoms with Gasteiger partial charge in [-0.3, -0.25) is 4.79 Å². The van der Waals surface area contributed by atoms with Gasteiger partial charge < -0.3 is 24.1 Å². The molecule has 3 heterocycles. The number of rotatable bonds is 5. The van der Waals surface area contributed by atoms with E-state index in [9.17, 15) is 4.79 Å². The topological polar surface area (TPSA) is 61.7 Å². The highest BCUT2D eigenvalue weighted by Gasteiger charge is 2.24. The van der Waals surface area contributed by atoms with Crippen LogP contribution in [0, 0.1) is 0 Å². The summed E-state index contributed by atoms with van der Waals surface area (Å²) >= 11 is 0. The summed E-state index contributed by atoms with van der Waals surface area (Å²) in [5, 5.41) is 3.42. The van der Waals surface area contributed by atoms with Gasteiger partial charge in [-0.05, 0) is 31.4 Å². The molecular weight excluding hydrogens is 332 g/mol. The third-order valence-corrected chi connectivity index (χ3v) is 5.18. The molecule has 2 aliphatic heterocycles. The molecule has 0 aliphatic carbocycles. The molecule has 1 aromatic carbocycles. The molecule has 4 rings (SSSR count). The van der Waals surface area contributed by atoms with Gasteiger partial charge in [0.15, 0.2) is 16.9 Å². The lowest BCUT2D eigenvalue weighted by atomic mass is 9.95. The fraction of sp³-hybridized carbons (Fsp3) is 0.450. The lowest BCUT2D eigenvalue weighted by Gasteiger charge is -2.27. The van der Waals surface area contributed by atoms with E-state index in [4.69, 9.17) is 14.2 Å². The van der Waals surface area contributed by atoms with Crippen molar-refractivity contribution < 1.29 is 14.2 Å². The van der Waals surface area contributed by atoms with Gasteiger partial charge in [0.25, 0.3) is 0 Å². The van der Waals surface area contributed by atoms with Crippen LogP contribution in [0.25, 0.3) is 11.3 Å². The highest BCUT2D eigenvalue weighted by atomic mass is 16.5. The van der Waals surface area contributed by atoms with Gasteiger partial charge in [0, 0.05) is 43.0 Å². The van der Waals surface area contributed by atoms with Gasteiger partial charge in [-0.1, -0.05) is 0 Å². The Morgan fingerprint density at radius 3 is 2.88 bits per heavy atom. The molecule has 1 saturated heterocycles. The Morgan fingerprint density at radius 2 is 2.15 bits per heavy atom. The number of hydrogen-bond donors (Lipinski definition) is 1. The smallest absolute Gasteiger partial charge is 0.184 e. The summed E-state index contributed by atoms with van der Waals surface area (Å²) in [4.78, 5) is 12.3. The van der Waals surface area contributed by atoms with Gasteiger partial charge in [0.2, 0.25) is 0 Å². The first kappa shape index (κ1) is 17.0. The Hall–Kier alpha value is -2.47. The fourth-order valence-electron chi connectivity index (χ4n) is 3.93. The maximum absolute atomic E-state index is 12.3. The van der Waals surface area contributed by atoms with Crippen LogP contribution < -0.4 is 20.2 Å². The minimum Gasteiger partial charge on any atom is -0.493 e. The van der Waals surface area contributed by atoms with E-state index in [1.807, 2.05) is 12.1 Å². The van der Waals surface area contributed by atoms with Crippen LogP contribution in [0.2, 0.25) is 0 Å². The lowest BCUT2D eigenvalue weighted by Crippen LogP contribution is -2.25. The predicted octanol–water partition coefficient (Wildman–Crippen LogP) is 2.68. The van der Waals surface area contributed by atoms with Gasteiger partial charge in [-0.2, -0.15) is 0 Å². The minimum atomic E-state index is -0.00581. The molecule has 0 radical (unpaired) electrons. The summed E-state index contributed by atoms with van der Waals surface area (Å²) < 4.78 is 18.8. The molecule has 0 spiro atoms. The Labute approximate surface area is 152 Å². The van der Waals surface area contributed by atoms with Crippen LogP contribution in [0.5, 0.6) is 11.5 Å². The van der Waals surface area contributed by atoms with Gasteiger partial charge >= 0.3 is 0 Å². The van der Waals surface area contributed by atoms with Gasteiger partial charge in [-0.25, -0.2) is 0 Å². The van der Waals surface area contributed by atoms with E-state index in [2.05, 4.69) is 9.88 Å². The molecule has 6 nitrogen and oxygen atoms in total. The molecule has 26 heavy (non-hydrogen) atoms. The Balaban J connectivity index is 1.73. The molecule has 1 atom stereocenters. The average molecular weight is 356 g/mol. The van der Waals surface area contributed by atoms with E-state index in [1.54, 1.807) is 26.4 Å². The molecule has 0 amide bonds. The Kier molecular flexibility index (Phi) is 4.59. The van der Waals surface area contributed by atoms with Crippen molar-refractivity contribution in [2.75, 3.05) is 32.7 Å². The lowest BCUT2D eigenvalue weighted by molar-refractivity contribution is 0.120. The third kappa shape index (κ3) is 2.94. The Bertz CT molecular complexity index is 869. The van der Waals surface area contributed by atoms with Crippen LogP contribution in [-0.2, 0) is 17.7 Å². The van der Waals surface area contributed by atoms with Crippen LogP contribution in [0.3, 0.4) is 0 Å². The van der Waals surface area contributed by atoms with Crippen molar-refractivity contribution in [3.05, 3.63) is 40.1 Å². The summed E-state index contributed by atoms with van der Waals surface area (Å²) in [6.45, 7) is 2.33. The largest absolute Gasteiger partial charge is 0.493 e. The number of methoxy groups -OCH3 is 2. The number of nitrogens with zero attached hydrogens (tertiary/aromatic N) is 1.